The number of aryl methyl sites for hydroxylation is 1. The van der Waals surface area contributed by atoms with Gasteiger partial charge in [-0.05, 0) is 36.1 Å². The number of halogens is 1. The lowest BCUT2D eigenvalue weighted by molar-refractivity contribution is 0.0516. The molecule has 1 aromatic carbocycles. The summed E-state index contributed by atoms with van der Waals surface area (Å²) in [5, 5.41) is 4.58. The first-order valence-corrected chi connectivity index (χ1v) is 8.86. The van der Waals surface area contributed by atoms with Gasteiger partial charge in [0.15, 0.2) is 5.69 Å². The Morgan fingerprint density at radius 2 is 2.08 bits per heavy atom. The lowest BCUT2D eigenvalue weighted by Gasteiger charge is -2.10. The molecule has 3 aromatic rings. The molecule has 134 valence electrons. The SMILES string of the molecule is CCOC(=O)c1c(NC(=O)c2cccs2)c(-c2cccc(F)c2)cn1C. The minimum Gasteiger partial charge on any atom is -0.461 e. The smallest absolute Gasteiger partial charge is 0.357 e. The Kier molecular flexibility index (Phi) is 5.18. The van der Waals surface area contributed by atoms with Crippen LogP contribution in [0.1, 0.15) is 27.1 Å². The molecule has 0 saturated carbocycles. The van der Waals surface area contributed by atoms with Crippen molar-refractivity contribution in [3.05, 3.63) is 64.4 Å². The van der Waals surface area contributed by atoms with Gasteiger partial charge in [0.2, 0.25) is 0 Å². The third-order valence-corrected chi connectivity index (χ3v) is 4.64. The number of aromatic nitrogens is 1. The van der Waals surface area contributed by atoms with Crippen LogP contribution in [0.3, 0.4) is 0 Å². The van der Waals surface area contributed by atoms with Crippen molar-refractivity contribution in [3.63, 3.8) is 0 Å². The summed E-state index contributed by atoms with van der Waals surface area (Å²) in [6.07, 6.45) is 1.67. The van der Waals surface area contributed by atoms with E-state index in [0.29, 0.717) is 21.7 Å². The second-order valence-corrected chi connectivity index (χ2v) is 6.49. The highest BCUT2D eigenvalue weighted by molar-refractivity contribution is 7.12. The topological polar surface area (TPSA) is 60.3 Å². The van der Waals surface area contributed by atoms with Crippen LogP contribution in [0.15, 0.2) is 48.0 Å². The standard InChI is InChI=1S/C19H17FN2O3S/c1-3-25-19(24)17-16(21-18(23)15-8-5-9-26-15)14(11-22(17)2)12-6-4-7-13(20)10-12/h4-11H,3H2,1-2H3,(H,21,23). The third-order valence-electron chi connectivity index (χ3n) is 3.77. The van der Waals surface area contributed by atoms with Crippen LogP contribution >= 0.6 is 11.3 Å². The van der Waals surface area contributed by atoms with Gasteiger partial charge in [-0.3, -0.25) is 4.79 Å². The van der Waals surface area contributed by atoms with Crippen molar-refractivity contribution in [2.75, 3.05) is 11.9 Å². The summed E-state index contributed by atoms with van der Waals surface area (Å²) in [4.78, 5) is 25.4. The maximum Gasteiger partial charge on any atom is 0.357 e. The lowest BCUT2D eigenvalue weighted by Crippen LogP contribution is -2.16. The number of carbonyl (C=O) groups is 2. The van der Waals surface area contributed by atoms with E-state index in [4.69, 9.17) is 4.74 Å². The number of ether oxygens (including phenoxy) is 1. The van der Waals surface area contributed by atoms with Gasteiger partial charge in [-0.2, -0.15) is 0 Å². The van der Waals surface area contributed by atoms with Crippen molar-refractivity contribution in [3.8, 4) is 11.1 Å². The molecule has 3 rings (SSSR count). The summed E-state index contributed by atoms with van der Waals surface area (Å²) in [5.74, 6) is -1.30. The van der Waals surface area contributed by atoms with E-state index in [1.807, 2.05) is 0 Å². The summed E-state index contributed by atoms with van der Waals surface area (Å²) in [7, 11) is 1.68. The van der Waals surface area contributed by atoms with Gasteiger partial charge in [0.1, 0.15) is 5.82 Å². The number of esters is 1. The molecule has 0 aliphatic rings. The molecule has 26 heavy (non-hydrogen) atoms. The van der Waals surface area contributed by atoms with Gasteiger partial charge in [-0.25, -0.2) is 9.18 Å². The third kappa shape index (κ3) is 3.52. The molecule has 0 bridgehead atoms. The molecule has 1 N–H and O–H groups in total. The molecule has 7 heteroatoms. The van der Waals surface area contributed by atoms with Gasteiger partial charge in [-0.15, -0.1) is 11.3 Å². The molecule has 0 spiro atoms. The second-order valence-electron chi connectivity index (χ2n) is 5.54. The molecule has 0 aliphatic carbocycles. The lowest BCUT2D eigenvalue weighted by atomic mass is 10.1. The Bertz CT molecular complexity index is 948. The predicted molar refractivity (Wildman–Crippen MR) is 99.0 cm³/mol. The molecule has 0 unspecified atom stereocenters. The number of carbonyl (C=O) groups excluding carboxylic acids is 2. The maximum absolute atomic E-state index is 13.7. The predicted octanol–water partition coefficient (Wildman–Crippen LogP) is 4.32. The quantitative estimate of drug-likeness (QED) is 0.679. The number of hydrogen-bond acceptors (Lipinski definition) is 4. The Labute approximate surface area is 154 Å². The molecule has 2 heterocycles. The van der Waals surface area contributed by atoms with Crippen LogP contribution in [0.25, 0.3) is 11.1 Å². The van der Waals surface area contributed by atoms with Crippen LogP contribution in [-0.2, 0) is 11.8 Å². The fourth-order valence-electron chi connectivity index (χ4n) is 2.66. The number of rotatable bonds is 5. The summed E-state index contributed by atoms with van der Waals surface area (Å²) in [6.45, 7) is 1.91. The molecule has 0 saturated heterocycles. The van der Waals surface area contributed by atoms with Crippen LogP contribution in [0.4, 0.5) is 10.1 Å². The van der Waals surface area contributed by atoms with Crippen LogP contribution < -0.4 is 5.32 Å². The second kappa shape index (κ2) is 7.53. The number of hydrogen-bond donors (Lipinski definition) is 1. The molecule has 5 nitrogen and oxygen atoms in total. The van der Waals surface area contributed by atoms with Crippen molar-refractivity contribution in [2.24, 2.45) is 7.05 Å². The van der Waals surface area contributed by atoms with E-state index in [2.05, 4.69) is 5.32 Å². The fourth-order valence-corrected chi connectivity index (χ4v) is 3.28. The van der Waals surface area contributed by atoms with Crippen molar-refractivity contribution in [1.29, 1.82) is 0 Å². The van der Waals surface area contributed by atoms with E-state index in [1.165, 1.54) is 23.5 Å². The Morgan fingerprint density at radius 3 is 2.73 bits per heavy atom. The van der Waals surface area contributed by atoms with E-state index in [1.54, 1.807) is 54.4 Å². The zero-order valence-electron chi connectivity index (χ0n) is 14.3. The highest BCUT2D eigenvalue weighted by Crippen LogP contribution is 2.34. The minimum atomic E-state index is -0.556. The van der Waals surface area contributed by atoms with Crippen LogP contribution in [-0.4, -0.2) is 23.1 Å². The fraction of sp³-hybridized carbons (Fsp3) is 0.158. The molecule has 0 atom stereocenters. The maximum atomic E-state index is 13.7. The number of anilines is 1. The van der Waals surface area contributed by atoms with E-state index >= 15 is 0 Å². The van der Waals surface area contributed by atoms with Gasteiger partial charge in [0.25, 0.3) is 5.91 Å². The Morgan fingerprint density at radius 1 is 1.27 bits per heavy atom. The number of nitrogens with zero attached hydrogens (tertiary/aromatic N) is 1. The Balaban J connectivity index is 2.10. The van der Waals surface area contributed by atoms with Gasteiger partial charge in [0, 0.05) is 18.8 Å². The van der Waals surface area contributed by atoms with Crippen LogP contribution in [0.5, 0.6) is 0 Å². The summed E-state index contributed by atoms with van der Waals surface area (Å²) in [6, 6.07) is 9.44. The van der Waals surface area contributed by atoms with E-state index in [-0.39, 0.29) is 18.2 Å². The molecular weight excluding hydrogens is 355 g/mol. The van der Waals surface area contributed by atoms with Crippen molar-refractivity contribution in [1.82, 2.24) is 4.57 Å². The van der Waals surface area contributed by atoms with Gasteiger partial charge < -0.3 is 14.6 Å². The number of nitrogens with one attached hydrogen (secondary N) is 1. The first kappa shape index (κ1) is 17.9. The molecule has 0 radical (unpaired) electrons. The molecule has 0 aliphatic heterocycles. The number of amides is 1. The summed E-state index contributed by atoms with van der Waals surface area (Å²) in [5.41, 5.74) is 1.60. The van der Waals surface area contributed by atoms with E-state index < -0.39 is 11.8 Å². The summed E-state index contributed by atoms with van der Waals surface area (Å²) >= 11 is 1.29. The van der Waals surface area contributed by atoms with Crippen LogP contribution in [0.2, 0.25) is 0 Å². The number of thiophene rings is 1. The van der Waals surface area contributed by atoms with E-state index in [9.17, 15) is 14.0 Å². The van der Waals surface area contributed by atoms with Crippen LogP contribution in [0, 0.1) is 5.82 Å². The highest BCUT2D eigenvalue weighted by Gasteiger charge is 2.24. The van der Waals surface area contributed by atoms with Gasteiger partial charge >= 0.3 is 5.97 Å². The first-order chi connectivity index (χ1) is 12.5. The zero-order chi connectivity index (χ0) is 18.7. The van der Waals surface area contributed by atoms with Gasteiger partial charge in [0.05, 0.1) is 17.2 Å². The average molecular weight is 372 g/mol. The van der Waals surface area contributed by atoms with Crippen molar-refractivity contribution in [2.45, 2.75) is 6.92 Å². The van der Waals surface area contributed by atoms with E-state index in [0.717, 1.165) is 0 Å². The average Bonchev–Trinajstić information content (AvgIpc) is 3.23. The first-order valence-electron chi connectivity index (χ1n) is 7.98. The molecular formula is C19H17FN2O3S. The molecule has 0 fully saturated rings. The minimum absolute atomic E-state index is 0.205. The van der Waals surface area contributed by atoms with Gasteiger partial charge in [-0.1, -0.05) is 18.2 Å². The Hall–Kier alpha value is -2.93. The summed E-state index contributed by atoms with van der Waals surface area (Å²) < 4.78 is 20.4. The molecule has 2 aromatic heterocycles. The van der Waals surface area contributed by atoms with Crippen molar-refractivity contribution < 1.29 is 18.7 Å². The zero-order valence-corrected chi connectivity index (χ0v) is 15.1. The van der Waals surface area contributed by atoms with Crippen molar-refractivity contribution >= 4 is 28.9 Å². The monoisotopic (exact) mass is 372 g/mol. The normalized spacial score (nSPS) is 10.6. The largest absolute Gasteiger partial charge is 0.461 e. The number of benzene rings is 1. The molecule has 1 amide bonds. The highest BCUT2D eigenvalue weighted by atomic mass is 32.1.